The Kier molecular flexibility index (Phi) is 5.69. The molecule has 0 unspecified atom stereocenters. The van der Waals surface area contributed by atoms with Crippen LogP contribution >= 0.6 is 0 Å². The fourth-order valence-electron chi connectivity index (χ4n) is 2.81. The Morgan fingerprint density at radius 2 is 1.19 bits per heavy atom. The Hall–Kier alpha value is -2.96. The van der Waals surface area contributed by atoms with Gasteiger partial charge >= 0.3 is 5.97 Å². The van der Waals surface area contributed by atoms with Crippen molar-refractivity contribution in [2.45, 2.75) is 18.0 Å². The Labute approximate surface area is 158 Å². The summed E-state index contributed by atoms with van der Waals surface area (Å²) >= 11 is 0. The van der Waals surface area contributed by atoms with E-state index in [9.17, 15) is 18.3 Å². The number of hydrogen-bond donors (Lipinski definition) is 1. The van der Waals surface area contributed by atoms with Crippen LogP contribution in [-0.2, 0) is 23.1 Å². The van der Waals surface area contributed by atoms with Gasteiger partial charge in [-0.3, -0.25) is 0 Å². The SMILES string of the molecule is O=C(O)c1ccccc1S(=O)(=O)N(Cc1ccccc1)Cc1ccccc1. The molecule has 0 aliphatic rings. The zero-order valence-electron chi connectivity index (χ0n) is 14.5. The van der Waals surface area contributed by atoms with Crippen molar-refractivity contribution >= 4 is 16.0 Å². The monoisotopic (exact) mass is 381 g/mol. The third-order valence-corrected chi connectivity index (χ3v) is 5.99. The highest BCUT2D eigenvalue weighted by Gasteiger charge is 2.29. The van der Waals surface area contributed by atoms with Gasteiger partial charge in [-0.1, -0.05) is 72.8 Å². The second kappa shape index (κ2) is 8.16. The molecule has 3 rings (SSSR count). The molecule has 0 heterocycles. The smallest absolute Gasteiger partial charge is 0.337 e. The number of nitrogens with zero attached hydrogens (tertiary/aromatic N) is 1. The topological polar surface area (TPSA) is 74.7 Å². The molecule has 0 aliphatic heterocycles. The molecule has 6 heteroatoms. The molecule has 27 heavy (non-hydrogen) atoms. The van der Waals surface area contributed by atoms with Crippen LogP contribution in [0.4, 0.5) is 0 Å². The second-order valence-electron chi connectivity index (χ2n) is 6.05. The van der Waals surface area contributed by atoms with Gasteiger partial charge in [-0.05, 0) is 23.3 Å². The first-order valence-electron chi connectivity index (χ1n) is 8.39. The lowest BCUT2D eigenvalue weighted by Gasteiger charge is -2.23. The van der Waals surface area contributed by atoms with E-state index < -0.39 is 16.0 Å². The van der Waals surface area contributed by atoms with E-state index in [1.807, 2.05) is 60.7 Å². The summed E-state index contributed by atoms with van der Waals surface area (Å²) in [5.41, 5.74) is 1.42. The number of benzene rings is 3. The molecule has 0 fully saturated rings. The van der Waals surface area contributed by atoms with Gasteiger partial charge in [-0.25, -0.2) is 13.2 Å². The lowest BCUT2D eigenvalue weighted by Crippen LogP contribution is -2.31. The van der Waals surface area contributed by atoms with Crippen LogP contribution in [0.2, 0.25) is 0 Å². The first kappa shape index (κ1) is 18.8. The van der Waals surface area contributed by atoms with Crippen LogP contribution in [0.5, 0.6) is 0 Å². The number of hydrogen-bond acceptors (Lipinski definition) is 3. The molecule has 0 radical (unpaired) electrons. The number of carbonyl (C=O) groups is 1. The van der Waals surface area contributed by atoms with Gasteiger partial charge < -0.3 is 5.11 Å². The average molecular weight is 381 g/mol. The molecule has 0 amide bonds. The van der Waals surface area contributed by atoms with Crippen molar-refractivity contribution in [1.29, 1.82) is 0 Å². The molecule has 0 aliphatic carbocycles. The maximum absolute atomic E-state index is 13.3. The normalized spacial score (nSPS) is 11.4. The molecular formula is C21H19NO4S. The molecular weight excluding hydrogens is 362 g/mol. The van der Waals surface area contributed by atoms with E-state index in [1.54, 1.807) is 0 Å². The van der Waals surface area contributed by atoms with E-state index in [0.717, 1.165) is 11.1 Å². The van der Waals surface area contributed by atoms with Crippen molar-refractivity contribution in [3.8, 4) is 0 Å². The van der Waals surface area contributed by atoms with Crippen LogP contribution in [0, 0.1) is 0 Å². The second-order valence-corrected chi connectivity index (χ2v) is 7.95. The Morgan fingerprint density at radius 3 is 1.67 bits per heavy atom. The summed E-state index contributed by atoms with van der Waals surface area (Å²) in [7, 11) is -4.02. The highest BCUT2D eigenvalue weighted by atomic mass is 32.2. The van der Waals surface area contributed by atoms with Crippen molar-refractivity contribution in [2.24, 2.45) is 0 Å². The van der Waals surface area contributed by atoms with Crippen molar-refractivity contribution in [2.75, 3.05) is 0 Å². The van der Waals surface area contributed by atoms with Crippen molar-refractivity contribution < 1.29 is 18.3 Å². The summed E-state index contributed by atoms with van der Waals surface area (Å²) in [4.78, 5) is 11.3. The molecule has 0 bridgehead atoms. The van der Waals surface area contributed by atoms with E-state index in [-0.39, 0.29) is 23.5 Å². The zero-order chi connectivity index (χ0) is 19.3. The van der Waals surface area contributed by atoms with Gasteiger partial charge in [-0.2, -0.15) is 4.31 Å². The summed E-state index contributed by atoms with van der Waals surface area (Å²) in [6, 6.07) is 24.1. The Bertz CT molecular complexity index is 977. The van der Waals surface area contributed by atoms with Crippen LogP contribution in [0.1, 0.15) is 21.5 Å². The van der Waals surface area contributed by atoms with E-state index in [4.69, 9.17) is 0 Å². The fraction of sp³-hybridized carbons (Fsp3) is 0.0952. The van der Waals surface area contributed by atoms with Gasteiger partial charge in [0.25, 0.3) is 0 Å². The van der Waals surface area contributed by atoms with E-state index in [1.165, 1.54) is 28.6 Å². The number of rotatable bonds is 7. The lowest BCUT2D eigenvalue weighted by molar-refractivity contribution is 0.0692. The highest BCUT2D eigenvalue weighted by molar-refractivity contribution is 7.89. The molecule has 1 N–H and O–H groups in total. The van der Waals surface area contributed by atoms with Gasteiger partial charge in [-0.15, -0.1) is 0 Å². The minimum absolute atomic E-state index is 0.145. The van der Waals surface area contributed by atoms with Gasteiger partial charge in [0, 0.05) is 13.1 Å². The fourth-order valence-corrected chi connectivity index (χ4v) is 4.41. The predicted molar refractivity (Wildman–Crippen MR) is 103 cm³/mol. The minimum Gasteiger partial charge on any atom is -0.478 e. The average Bonchev–Trinajstić information content (AvgIpc) is 2.69. The summed E-state index contributed by atoms with van der Waals surface area (Å²) < 4.78 is 28.0. The molecule has 0 saturated heterocycles. The van der Waals surface area contributed by atoms with Gasteiger partial charge in [0.05, 0.1) is 10.5 Å². The molecule has 0 aromatic heterocycles. The van der Waals surface area contributed by atoms with Crippen molar-refractivity contribution in [1.82, 2.24) is 4.31 Å². The van der Waals surface area contributed by atoms with Gasteiger partial charge in [0.15, 0.2) is 0 Å². The quantitative estimate of drug-likeness (QED) is 0.676. The number of carboxylic acids is 1. The van der Waals surface area contributed by atoms with Crippen LogP contribution in [-0.4, -0.2) is 23.8 Å². The first-order chi connectivity index (χ1) is 13.0. The summed E-state index contributed by atoms with van der Waals surface area (Å²) in [5, 5.41) is 9.41. The van der Waals surface area contributed by atoms with Crippen LogP contribution in [0.25, 0.3) is 0 Å². The largest absolute Gasteiger partial charge is 0.478 e. The van der Waals surface area contributed by atoms with Crippen molar-refractivity contribution in [3.05, 3.63) is 102 Å². The Morgan fingerprint density at radius 1 is 0.741 bits per heavy atom. The molecule has 0 saturated carbocycles. The standard InChI is InChI=1S/C21H19NO4S/c23-21(24)19-13-7-8-14-20(19)27(25,26)22(15-17-9-3-1-4-10-17)16-18-11-5-2-6-12-18/h1-14H,15-16H2,(H,23,24). The summed E-state index contributed by atoms with van der Waals surface area (Å²) in [6.07, 6.45) is 0. The molecule has 138 valence electrons. The molecule has 0 spiro atoms. The van der Waals surface area contributed by atoms with E-state index in [0.29, 0.717) is 0 Å². The maximum atomic E-state index is 13.3. The first-order valence-corrected chi connectivity index (χ1v) is 9.83. The minimum atomic E-state index is -4.02. The third kappa shape index (κ3) is 4.42. The van der Waals surface area contributed by atoms with Crippen LogP contribution in [0.15, 0.2) is 89.8 Å². The number of carboxylic acid groups (broad SMARTS) is 1. The number of sulfonamides is 1. The maximum Gasteiger partial charge on any atom is 0.337 e. The molecule has 3 aromatic rings. The van der Waals surface area contributed by atoms with Crippen LogP contribution in [0.3, 0.4) is 0 Å². The van der Waals surface area contributed by atoms with Crippen LogP contribution < -0.4 is 0 Å². The van der Waals surface area contributed by atoms with Crippen molar-refractivity contribution in [3.63, 3.8) is 0 Å². The predicted octanol–water partition coefficient (Wildman–Crippen LogP) is 3.78. The van der Waals surface area contributed by atoms with E-state index in [2.05, 4.69) is 0 Å². The van der Waals surface area contributed by atoms with Gasteiger partial charge in [0.1, 0.15) is 0 Å². The molecule has 3 aromatic carbocycles. The Balaban J connectivity index is 2.04. The number of aromatic carboxylic acids is 1. The van der Waals surface area contributed by atoms with Gasteiger partial charge in [0.2, 0.25) is 10.0 Å². The lowest BCUT2D eigenvalue weighted by atomic mass is 10.2. The third-order valence-electron chi connectivity index (χ3n) is 4.14. The van der Waals surface area contributed by atoms with E-state index >= 15 is 0 Å². The zero-order valence-corrected chi connectivity index (χ0v) is 15.3. The molecule has 0 atom stereocenters. The highest BCUT2D eigenvalue weighted by Crippen LogP contribution is 2.24. The molecule has 5 nitrogen and oxygen atoms in total. The summed E-state index contributed by atoms with van der Waals surface area (Å²) in [6.45, 7) is 0.290. The summed E-state index contributed by atoms with van der Waals surface area (Å²) in [5.74, 6) is -1.27.